The number of nitrogens with two attached hydrogens (primary N) is 1. The number of esters is 1. The molecule has 92 valence electrons. The zero-order valence-corrected chi connectivity index (χ0v) is 10.1. The predicted molar refractivity (Wildman–Crippen MR) is 63.4 cm³/mol. The van der Waals surface area contributed by atoms with Crippen molar-refractivity contribution in [1.29, 1.82) is 0 Å². The number of rotatable bonds is 3. The Morgan fingerprint density at radius 3 is 2.53 bits per heavy atom. The summed E-state index contributed by atoms with van der Waals surface area (Å²) in [7, 11) is 1.27. The van der Waals surface area contributed by atoms with Crippen molar-refractivity contribution >= 4 is 12.0 Å². The van der Waals surface area contributed by atoms with E-state index in [-0.39, 0.29) is 0 Å². The summed E-state index contributed by atoms with van der Waals surface area (Å²) in [5.41, 5.74) is 7.62. The lowest BCUT2D eigenvalue weighted by atomic mass is 9.99. The van der Waals surface area contributed by atoms with Crippen molar-refractivity contribution in [3.8, 4) is 0 Å². The van der Waals surface area contributed by atoms with Gasteiger partial charge in [-0.2, -0.15) is 0 Å². The molecule has 0 bridgehead atoms. The molecule has 0 aliphatic heterocycles. The van der Waals surface area contributed by atoms with Gasteiger partial charge in [-0.15, -0.1) is 0 Å². The van der Waals surface area contributed by atoms with Gasteiger partial charge >= 0.3 is 12.0 Å². The molecular formula is C12H16N2O3. The van der Waals surface area contributed by atoms with E-state index in [9.17, 15) is 9.59 Å². The number of carbonyl (C=O) groups is 2. The first-order valence-corrected chi connectivity index (χ1v) is 5.16. The van der Waals surface area contributed by atoms with E-state index in [1.807, 2.05) is 32.0 Å². The highest BCUT2D eigenvalue weighted by molar-refractivity contribution is 5.84. The van der Waals surface area contributed by atoms with Gasteiger partial charge in [0.25, 0.3) is 0 Å². The maximum Gasteiger partial charge on any atom is 0.333 e. The maximum absolute atomic E-state index is 11.6. The van der Waals surface area contributed by atoms with Gasteiger partial charge in [0.15, 0.2) is 6.04 Å². The van der Waals surface area contributed by atoms with Crippen LogP contribution in [0.4, 0.5) is 4.79 Å². The molecule has 0 spiro atoms. The Morgan fingerprint density at radius 1 is 1.35 bits per heavy atom. The molecule has 5 heteroatoms. The van der Waals surface area contributed by atoms with Gasteiger partial charge in [0.2, 0.25) is 0 Å². The Hall–Kier alpha value is -2.04. The molecule has 5 nitrogen and oxygen atoms in total. The van der Waals surface area contributed by atoms with Gasteiger partial charge in [-0.1, -0.05) is 23.8 Å². The van der Waals surface area contributed by atoms with Gasteiger partial charge in [-0.25, -0.2) is 9.59 Å². The number of urea groups is 1. The van der Waals surface area contributed by atoms with Crippen molar-refractivity contribution in [3.63, 3.8) is 0 Å². The largest absolute Gasteiger partial charge is 0.467 e. The second-order valence-corrected chi connectivity index (χ2v) is 3.82. The third kappa shape index (κ3) is 3.21. The van der Waals surface area contributed by atoms with E-state index in [0.717, 1.165) is 11.1 Å². The summed E-state index contributed by atoms with van der Waals surface area (Å²) >= 11 is 0. The highest BCUT2D eigenvalue weighted by Crippen LogP contribution is 2.20. The van der Waals surface area contributed by atoms with Crippen molar-refractivity contribution in [1.82, 2.24) is 5.32 Å². The fourth-order valence-corrected chi connectivity index (χ4v) is 1.59. The lowest BCUT2D eigenvalue weighted by Crippen LogP contribution is -2.38. The van der Waals surface area contributed by atoms with Crippen molar-refractivity contribution < 1.29 is 14.3 Å². The highest BCUT2D eigenvalue weighted by atomic mass is 16.5. The summed E-state index contributed by atoms with van der Waals surface area (Å²) in [6.07, 6.45) is 0. The van der Waals surface area contributed by atoms with Crippen LogP contribution in [0.3, 0.4) is 0 Å². The highest BCUT2D eigenvalue weighted by Gasteiger charge is 2.24. The summed E-state index contributed by atoms with van der Waals surface area (Å²) in [5, 5.41) is 2.38. The Balaban J connectivity index is 3.16. The molecule has 0 aliphatic carbocycles. The van der Waals surface area contributed by atoms with Crippen LogP contribution < -0.4 is 11.1 Å². The zero-order chi connectivity index (χ0) is 13.0. The summed E-state index contributed by atoms with van der Waals surface area (Å²) in [4.78, 5) is 22.5. The van der Waals surface area contributed by atoms with Gasteiger partial charge in [0.05, 0.1) is 7.11 Å². The van der Waals surface area contributed by atoms with Crippen LogP contribution in [0, 0.1) is 13.8 Å². The molecule has 17 heavy (non-hydrogen) atoms. The predicted octanol–water partition coefficient (Wildman–Crippen LogP) is 1.19. The number of carbonyl (C=O) groups excluding carboxylic acids is 2. The minimum Gasteiger partial charge on any atom is -0.467 e. The average molecular weight is 236 g/mol. The van der Waals surface area contributed by atoms with Crippen LogP contribution in [0.1, 0.15) is 22.7 Å². The second-order valence-electron chi connectivity index (χ2n) is 3.82. The van der Waals surface area contributed by atoms with Crippen molar-refractivity contribution in [2.24, 2.45) is 5.73 Å². The lowest BCUT2D eigenvalue weighted by Gasteiger charge is -2.18. The molecule has 1 rings (SSSR count). The monoisotopic (exact) mass is 236 g/mol. The van der Waals surface area contributed by atoms with Gasteiger partial charge in [0.1, 0.15) is 0 Å². The normalized spacial score (nSPS) is 11.7. The van der Waals surface area contributed by atoms with E-state index >= 15 is 0 Å². The van der Waals surface area contributed by atoms with Crippen molar-refractivity contribution in [2.45, 2.75) is 19.9 Å². The van der Waals surface area contributed by atoms with Gasteiger partial charge in [-0.3, -0.25) is 0 Å². The summed E-state index contributed by atoms with van der Waals surface area (Å²) in [5.74, 6) is -0.544. The maximum atomic E-state index is 11.6. The summed E-state index contributed by atoms with van der Waals surface area (Å²) in [6, 6.07) is 4.01. The number of ether oxygens (including phenoxy) is 1. The van der Waals surface area contributed by atoms with E-state index in [2.05, 4.69) is 10.1 Å². The number of benzene rings is 1. The van der Waals surface area contributed by atoms with Crippen LogP contribution in [-0.4, -0.2) is 19.1 Å². The number of methoxy groups -OCH3 is 1. The van der Waals surface area contributed by atoms with Gasteiger partial charge < -0.3 is 15.8 Å². The molecule has 0 aliphatic rings. The van der Waals surface area contributed by atoms with Crippen LogP contribution in [0.2, 0.25) is 0 Å². The minimum atomic E-state index is -0.864. The Kier molecular flexibility index (Phi) is 4.09. The van der Waals surface area contributed by atoms with Crippen LogP contribution in [0.5, 0.6) is 0 Å². The number of primary amides is 1. The summed E-state index contributed by atoms with van der Waals surface area (Å²) in [6.45, 7) is 3.76. The first-order valence-electron chi connectivity index (χ1n) is 5.16. The fraction of sp³-hybridized carbons (Fsp3) is 0.333. The smallest absolute Gasteiger partial charge is 0.333 e. The van der Waals surface area contributed by atoms with Crippen LogP contribution in [-0.2, 0) is 9.53 Å². The van der Waals surface area contributed by atoms with Crippen molar-refractivity contribution in [3.05, 3.63) is 34.9 Å². The number of hydrogen-bond donors (Lipinski definition) is 2. The first-order chi connectivity index (χ1) is 7.95. The Morgan fingerprint density at radius 2 is 2.00 bits per heavy atom. The molecule has 1 unspecified atom stereocenters. The molecule has 0 aromatic heterocycles. The number of amides is 2. The van der Waals surface area contributed by atoms with E-state index in [1.165, 1.54) is 7.11 Å². The first kappa shape index (κ1) is 13.0. The molecule has 0 saturated carbocycles. The SMILES string of the molecule is COC(=O)C(NC(N)=O)c1cc(C)ccc1C. The van der Waals surface area contributed by atoms with Crippen LogP contribution >= 0.6 is 0 Å². The molecule has 0 saturated heterocycles. The molecule has 2 amide bonds. The number of nitrogens with one attached hydrogen (secondary N) is 1. The van der Waals surface area contributed by atoms with Gasteiger partial charge in [-0.05, 0) is 25.0 Å². The molecule has 1 aromatic rings. The molecule has 0 radical (unpaired) electrons. The van der Waals surface area contributed by atoms with E-state index in [4.69, 9.17) is 5.73 Å². The lowest BCUT2D eigenvalue weighted by molar-refractivity contribution is -0.143. The Labute approximate surface area is 99.9 Å². The molecular weight excluding hydrogens is 220 g/mol. The molecule has 0 heterocycles. The van der Waals surface area contributed by atoms with Gasteiger partial charge in [0, 0.05) is 0 Å². The average Bonchev–Trinajstić information content (AvgIpc) is 2.28. The Bertz CT molecular complexity index is 443. The molecule has 3 N–H and O–H groups in total. The number of hydrogen-bond acceptors (Lipinski definition) is 3. The molecule has 0 fully saturated rings. The van der Waals surface area contributed by atoms with E-state index < -0.39 is 18.0 Å². The fourth-order valence-electron chi connectivity index (χ4n) is 1.59. The van der Waals surface area contributed by atoms with E-state index in [0.29, 0.717) is 5.56 Å². The topological polar surface area (TPSA) is 81.4 Å². The molecule has 1 aromatic carbocycles. The third-order valence-electron chi connectivity index (χ3n) is 2.47. The quantitative estimate of drug-likeness (QED) is 0.773. The van der Waals surface area contributed by atoms with E-state index in [1.54, 1.807) is 0 Å². The molecule has 1 atom stereocenters. The number of aryl methyl sites for hydroxylation is 2. The van der Waals surface area contributed by atoms with Crippen LogP contribution in [0.25, 0.3) is 0 Å². The second kappa shape index (κ2) is 5.34. The van der Waals surface area contributed by atoms with Crippen LogP contribution in [0.15, 0.2) is 18.2 Å². The van der Waals surface area contributed by atoms with Crippen molar-refractivity contribution in [2.75, 3.05) is 7.11 Å². The minimum absolute atomic E-state index is 0.544. The summed E-state index contributed by atoms with van der Waals surface area (Å²) < 4.78 is 4.65. The zero-order valence-electron chi connectivity index (χ0n) is 10.1. The third-order valence-corrected chi connectivity index (χ3v) is 2.47. The standard InChI is InChI=1S/C12H16N2O3/c1-7-4-5-8(2)9(6-7)10(11(15)17-3)14-12(13)16/h4-6,10H,1-3H3,(H3,13,14,16).